The summed E-state index contributed by atoms with van der Waals surface area (Å²) in [6.07, 6.45) is -4.74. The summed E-state index contributed by atoms with van der Waals surface area (Å²) < 4.78 is 48.7. The van der Waals surface area contributed by atoms with Gasteiger partial charge in [0.2, 0.25) is 0 Å². The Kier molecular flexibility index (Phi) is 3.09. The third kappa shape index (κ3) is 2.20. The number of methoxy groups -OCH3 is 2. The van der Waals surface area contributed by atoms with Crippen molar-refractivity contribution >= 4 is 10.9 Å². The second-order valence-electron chi connectivity index (χ2n) is 3.61. The molecule has 0 aliphatic carbocycles. The van der Waals surface area contributed by atoms with Crippen LogP contribution in [0, 0.1) is 0 Å². The molecule has 102 valence electrons. The van der Waals surface area contributed by atoms with Crippen molar-refractivity contribution in [1.29, 1.82) is 0 Å². The topological polar surface area (TPSA) is 64.2 Å². The fourth-order valence-electron chi connectivity index (χ4n) is 1.77. The van der Waals surface area contributed by atoms with Crippen molar-refractivity contribution in [2.75, 3.05) is 14.2 Å². The quantitative estimate of drug-likeness (QED) is 0.909. The Hall–Kier alpha value is -2.25. The van der Waals surface area contributed by atoms with Gasteiger partial charge in [-0.2, -0.15) is 18.2 Å². The molecular formula is C11H9F3N2O3. The van der Waals surface area contributed by atoms with E-state index in [1.165, 1.54) is 26.4 Å². The molecule has 1 aromatic heterocycles. The lowest BCUT2D eigenvalue weighted by atomic mass is 10.1. The second-order valence-corrected chi connectivity index (χ2v) is 3.61. The van der Waals surface area contributed by atoms with E-state index in [2.05, 4.69) is 4.98 Å². The molecule has 0 saturated carbocycles. The van der Waals surface area contributed by atoms with E-state index in [9.17, 15) is 18.0 Å². The van der Waals surface area contributed by atoms with Crippen LogP contribution in [0.4, 0.5) is 13.2 Å². The smallest absolute Gasteiger partial charge is 0.432 e. The molecule has 0 aliphatic heterocycles. The summed E-state index contributed by atoms with van der Waals surface area (Å²) >= 11 is 0. The molecule has 1 heterocycles. The lowest BCUT2D eigenvalue weighted by Crippen LogP contribution is -2.19. The summed E-state index contributed by atoms with van der Waals surface area (Å²) in [5, 5.41) is -0.339. The molecule has 5 nitrogen and oxygen atoms in total. The van der Waals surface area contributed by atoms with Gasteiger partial charge in [-0.3, -0.25) is 0 Å². The van der Waals surface area contributed by atoms with E-state index in [-0.39, 0.29) is 22.4 Å². The number of nitrogens with zero attached hydrogens (tertiary/aromatic N) is 1. The summed E-state index contributed by atoms with van der Waals surface area (Å²) in [5.41, 5.74) is -2.40. The van der Waals surface area contributed by atoms with Gasteiger partial charge in [0, 0.05) is 0 Å². The first-order chi connectivity index (χ1) is 8.88. The van der Waals surface area contributed by atoms with Gasteiger partial charge in [-0.1, -0.05) is 0 Å². The van der Waals surface area contributed by atoms with Gasteiger partial charge in [0.1, 0.15) is 5.69 Å². The molecule has 0 atom stereocenters. The number of halogens is 3. The fourth-order valence-corrected chi connectivity index (χ4v) is 1.77. The Bertz CT molecular complexity index is 679. The maximum atomic E-state index is 13.0. The van der Waals surface area contributed by atoms with Crippen molar-refractivity contribution in [1.82, 2.24) is 9.97 Å². The van der Waals surface area contributed by atoms with E-state index >= 15 is 0 Å². The van der Waals surface area contributed by atoms with Crippen LogP contribution in [0.2, 0.25) is 0 Å². The largest absolute Gasteiger partial charge is 0.493 e. The van der Waals surface area contributed by atoms with E-state index in [0.29, 0.717) is 0 Å². The zero-order valence-electron chi connectivity index (χ0n) is 9.96. The molecule has 1 N–H and O–H groups in total. The van der Waals surface area contributed by atoms with Crippen LogP contribution in [0.3, 0.4) is 0 Å². The summed E-state index contributed by atoms with van der Waals surface area (Å²) in [4.78, 5) is 16.3. The van der Waals surface area contributed by atoms with Gasteiger partial charge in [0.15, 0.2) is 11.5 Å². The van der Waals surface area contributed by atoms with Crippen molar-refractivity contribution in [3.05, 3.63) is 28.3 Å². The molecule has 0 amide bonds. The summed E-state index contributed by atoms with van der Waals surface area (Å²) in [7, 11) is 2.51. The molecule has 2 rings (SSSR count). The highest BCUT2D eigenvalue weighted by atomic mass is 19.4. The lowest BCUT2D eigenvalue weighted by molar-refractivity contribution is -0.140. The first kappa shape index (κ1) is 13.2. The second kappa shape index (κ2) is 4.45. The van der Waals surface area contributed by atoms with E-state index in [1.807, 2.05) is 0 Å². The number of nitrogens with one attached hydrogen (secondary N) is 1. The molecule has 0 unspecified atom stereocenters. The van der Waals surface area contributed by atoms with Crippen LogP contribution in [0.15, 0.2) is 16.9 Å². The summed E-state index contributed by atoms with van der Waals surface area (Å²) in [6.45, 7) is 0. The SMILES string of the molecule is COc1ccc2nc(=O)[nH]c(C(F)(F)F)c2c1OC. The summed E-state index contributed by atoms with van der Waals surface area (Å²) in [6, 6.07) is 2.65. The van der Waals surface area contributed by atoms with E-state index < -0.39 is 17.6 Å². The molecule has 19 heavy (non-hydrogen) atoms. The van der Waals surface area contributed by atoms with Crippen molar-refractivity contribution < 1.29 is 22.6 Å². The zero-order valence-corrected chi connectivity index (χ0v) is 9.96. The van der Waals surface area contributed by atoms with Crippen molar-refractivity contribution in [3.63, 3.8) is 0 Å². The molecule has 0 fully saturated rings. The molecular weight excluding hydrogens is 265 g/mol. The van der Waals surface area contributed by atoms with Crippen LogP contribution in [0.1, 0.15) is 5.69 Å². The minimum absolute atomic E-state index is 0.117. The average molecular weight is 274 g/mol. The van der Waals surface area contributed by atoms with E-state index in [4.69, 9.17) is 9.47 Å². The Balaban J connectivity index is 2.98. The monoisotopic (exact) mass is 274 g/mol. The van der Waals surface area contributed by atoms with Crippen molar-refractivity contribution in [2.24, 2.45) is 0 Å². The number of H-pyrrole nitrogens is 1. The number of hydrogen-bond acceptors (Lipinski definition) is 4. The van der Waals surface area contributed by atoms with Crippen LogP contribution in [0.25, 0.3) is 10.9 Å². The molecule has 8 heteroatoms. The predicted octanol–water partition coefficient (Wildman–Crippen LogP) is 1.96. The predicted molar refractivity (Wildman–Crippen MR) is 60.5 cm³/mol. The Morgan fingerprint density at radius 3 is 2.42 bits per heavy atom. The molecule has 0 saturated heterocycles. The number of benzene rings is 1. The maximum absolute atomic E-state index is 13.0. The highest BCUT2D eigenvalue weighted by molar-refractivity contribution is 5.90. The number of fused-ring (bicyclic) bond motifs is 1. The number of aromatic amines is 1. The number of aromatic nitrogens is 2. The first-order valence-corrected chi connectivity index (χ1v) is 5.10. The Morgan fingerprint density at radius 2 is 1.89 bits per heavy atom. The normalized spacial score (nSPS) is 11.6. The van der Waals surface area contributed by atoms with Gasteiger partial charge < -0.3 is 14.5 Å². The third-order valence-corrected chi connectivity index (χ3v) is 2.51. The van der Waals surface area contributed by atoms with Crippen LogP contribution >= 0.6 is 0 Å². The van der Waals surface area contributed by atoms with Gasteiger partial charge in [-0.15, -0.1) is 0 Å². The van der Waals surface area contributed by atoms with Crippen LogP contribution in [-0.4, -0.2) is 24.2 Å². The fraction of sp³-hybridized carbons (Fsp3) is 0.273. The van der Waals surface area contributed by atoms with Crippen molar-refractivity contribution in [3.8, 4) is 11.5 Å². The van der Waals surface area contributed by atoms with Gasteiger partial charge in [0.25, 0.3) is 0 Å². The third-order valence-electron chi connectivity index (χ3n) is 2.51. The Morgan fingerprint density at radius 1 is 1.21 bits per heavy atom. The average Bonchev–Trinajstić information content (AvgIpc) is 2.35. The molecule has 0 bridgehead atoms. The number of alkyl halides is 3. The minimum Gasteiger partial charge on any atom is -0.493 e. The molecule has 2 aromatic rings. The first-order valence-electron chi connectivity index (χ1n) is 5.10. The van der Waals surface area contributed by atoms with E-state index in [1.54, 1.807) is 4.98 Å². The van der Waals surface area contributed by atoms with E-state index in [0.717, 1.165) is 0 Å². The van der Waals surface area contributed by atoms with Crippen LogP contribution in [-0.2, 0) is 6.18 Å². The van der Waals surface area contributed by atoms with Gasteiger partial charge in [0.05, 0.1) is 25.1 Å². The number of hydrogen-bond donors (Lipinski definition) is 1. The lowest BCUT2D eigenvalue weighted by Gasteiger charge is -2.14. The minimum atomic E-state index is -4.74. The standard InChI is InChI=1S/C11H9F3N2O3/c1-18-6-4-3-5-7(8(6)19-2)9(11(12,13)14)16-10(17)15-5/h3-4H,1-2H3,(H,15,16,17). The van der Waals surface area contributed by atoms with Crippen LogP contribution < -0.4 is 15.2 Å². The molecule has 0 spiro atoms. The highest BCUT2D eigenvalue weighted by Gasteiger charge is 2.36. The zero-order chi connectivity index (χ0) is 14.2. The van der Waals surface area contributed by atoms with Gasteiger partial charge in [-0.25, -0.2) is 4.79 Å². The van der Waals surface area contributed by atoms with Crippen LogP contribution in [0.5, 0.6) is 11.5 Å². The van der Waals surface area contributed by atoms with Crippen molar-refractivity contribution in [2.45, 2.75) is 6.18 Å². The molecule has 1 aromatic carbocycles. The Labute approximate surface area is 105 Å². The molecule has 0 radical (unpaired) electrons. The number of rotatable bonds is 2. The molecule has 0 aliphatic rings. The highest BCUT2D eigenvalue weighted by Crippen LogP contribution is 2.40. The number of ether oxygens (including phenoxy) is 2. The van der Waals surface area contributed by atoms with Gasteiger partial charge in [-0.05, 0) is 12.1 Å². The summed E-state index contributed by atoms with van der Waals surface area (Å²) in [5.74, 6) is -0.00887. The maximum Gasteiger partial charge on any atom is 0.432 e. The van der Waals surface area contributed by atoms with Gasteiger partial charge >= 0.3 is 11.9 Å².